The molecule has 0 aliphatic carbocycles. The van der Waals surface area contributed by atoms with E-state index in [1.54, 1.807) is 6.20 Å². The summed E-state index contributed by atoms with van der Waals surface area (Å²) in [7, 11) is 0. The molecule has 1 aromatic carbocycles. The third kappa shape index (κ3) is 7.88. The van der Waals surface area contributed by atoms with E-state index in [4.69, 9.17) is 4.42 Å². The molecule has 0 saturated heterocycles. The maximum Gasteiger partial charge on any atom is 0.216 e. The van der Waals surface area contributed by atoms with Gasteiger partial charge in [-0.25, -0.2) is 9.98 Å². The van der Waals surface area contributed by atoms with Crippen molar-refractivity contribution in [1.82, 2.24) is 15.6 Å². The van der Waals surface area contributed by atoms with Crippen molar-refractivity contribution >= 4 is 29.9 Å². The van der Waals surface area contributed by atoms with Gasteiger partial charge in [0.1, 0.15) is 12.3 Å². The summed E-state index contributed by atoms with van der Waals surface area (Å²) in [6, 6.07) is 9.66. The molecular formula is C20H31IN4O2. The van der Waals surface area contributed by atoms with Crippen molar-refractivity contribution in [2.45, 2.75) is 52.2 Å². The molecule has 0 aliphatic heterocycles. The third-order valence-corrected chi connectivity index (χ3v) is 3.90. The highest BCUT2D eigenvalue weighted by atomic mass is 127. The van der Waals surface area contributed by atoms with Gasteiger partial charge in [0.2, 0.25) is 5.89 Å². The van der Waals surface area contributed by atoms with Gasteiger partial charge in [-0.1, -0.05) is 51.1 Å². The van der Waals surface area contributed by atoms with Gasteiger partial charge in [-0.3, -0.25) is 0 Å². The Hall–Kier alpha value is -1.61. The van der Waals surface area contributed by atoms with Crippen molar-refractivity contribution in [1.29, 1.82) is 0 Å². The summed E-state index contributed by atoms with van der Waals surface area (Å²) in [4.78, 5) is 8.80. The molecule has 3 N–H and O–H groups in total. The van der Waals surface area contributed by atoms with E-state index in [1.165, 1.54) is 0 Å². The second-order valence-electron chi connectivity index (χ2n) is 7.21. The topological polar surface area (TPSA) is 82.7 Å². The molecule has 2 aromatic rings. The van der Waals surface area contributed by atoms with Gasteiger partial charge in [0.25, 0.3) is 0 Å². The molecule has 2 rings (SSSR count). The van der Waals surface area contributed by atoms with Gasteiger partial charge >= 0.3 is 0 Å². The lowest BCUT2D eigenvalue weighted by Crippen LogP contribution is -2.38. The number of nitrogens with one attached hydrogen (secondary N) is 2. The molecule has 0 spiro atoms. The molecule has 1 heterocycles. The fourth-order valence-corrected chi connectivity index (χ4v) is 2.39. The maximum absolute atomic E-state index is 10.2. The SMILES string of the molecule is CCNC(=NCc1ncc(C(C)(C)C)o1)NCCC(O)c1ccccc1.I. The van der Waals surface area contributed by atoms with E-state index >= 15 is 0 Å². The van der Waals surface area contributed by atoms with E-state index in [0.29, 0.717) is 31.4 Å². The molecule has 1 atom stereocenters. The first kappa shape index (κ1) is 23.4. The van der Waals surface area contributed by atoms with Crippen LogP contribution in [0.15, 0.2) is 45.9 Å². The summed E-state index contributed by atoms with van der Waals surface area (Å²) in [5, 5.41) is 16.7. The monoisotopic (exact) mass is 486 g/mol. The minimum Gasteiger partial charge on any atom is -0.443 e. The average Bonchev–Trinajstić information content (AvgIpc) is 3.10. The van der Waals surface area contributed by atoms with Gasteiger partial charge in [0, 0.05) is 18.5 Å². The average molecular weight is 486 g/mol. The normalized spacial score (nSPS) is 13.0. The second kappa shape index (κ2) is 11.3. The molecule has 0 aliphatic rings. The molecule has 0 bridgehead atoms. The first-order valence-corrected chi connectivity index (χ1v) is 9.10. The number of rotatable bonds is 7. The lowest BCUT2D eigenvalue weighted by molar-refractivity contribution is 0.168. The Bertz CT molecular complexity index is 696. The smallest absolute Gasteiger partial charge is 0.216 e. The zero-order valence-corrected chi connectivity index (χ0v) is 18.9. The van der Waals surface area contributed by atoms with E-state index in [0.717, 1.165) is 17.9 Å². The highest BCUT2D eigenvalue weighted by Gasteiger charge is 2.19. The molecule has 0 fully saturated rings. The van der Waals surface area contributed by atoms with Crippen molar-refractivity contribution < 1.29 is 9.52 Å². The molecule has 1 aromatic heterocycles. The van der Waals surface area contributed by atoms with Crippen LogP contribution in [0.5, 0.6) is 0 Å². The van der Waals surface area contributed by atoms with Crippen LogP contribution in [-0.2, 0) is 12.0 Å². The van der Waals surface area contributed by atoms with Crippen molar-refractivity contribution in [3.63, 3.8) is 0 Å². The summed E-state index contributed by atoms with van der Waals surface area (Å²) in [6.45, 7) is 10.0. The number of aliphatic hydroxyl groups is 1. The minimum absolute atomic E-state index is 0. The van der Waals surface area contributed by atoms with Crippen LogP contribution in [-0.4, -0.2) is 29.1 Å². The van der Waals surface area contributed by atoms with Crippen LogP contribution in [0.3, 0.4) is 0 Å². The van der Waals surface area contributed by atoms with Crippen LogP contribution in [0, 0.1) is 0 Å². The summed E-state index contributed by atoms with van der Waals surface area (Å²) in [5.41, 5.74) is 0.858. The van der Waals surface area contributed by atoms with Crippen molar-refractivity contribution in [3.05, 3.63) is 53.7 Å². The zero-order valence-electron chi connectivity index (χ0n) is 16.5. The maximum atomic E-state index is 10.2. The number of aliphatic hydroxyl groups excluding tert-OH is 1. The number of aliphatic imine (C=N–C) groups is 1. The third-order valence-electron chi connectivity index (χ3n) is 3.90. The lowest BCUT2D eigenvalue weighted by atomic mass is 9.94. The Morgan fingerprint density at radius 1 is 1.22 bits per heavy atom. The highest BCUT2D eigenvalue weighted by Crippen LogP contribution is 2.22. The van der Waals surface area contributed by atoms with Crippen LogP contribution >= 0.6 is 24.0 Å². The quantitative estimate of drug-likeness (QED) is 0.316. The van der Waals surface area contributed by atoms with Gasteiger partial charge in [0.05, 0.1) is 12.3 Å². The number of oxazole rings is 1. The van der Waals surface area contributed by atoms with E-state index in [1.807, 2.05) is 37.3 Å². The largest absolute Gasteiger partial charge is 0.443 e. The van der Waals surface area contributed by atoms with Crippen LogP contribution in [0.25, 0.3) is 0 Å². The Balaban J connectivity index is 0.00000364. The molecule has 27 heavy (non-hydrogen) atoms. The van der Waals surface area contributed by atoms with Crippen LogP contribution in [0.4, 0.5) is 0 Å². The zero-order chi connectivity index (χ0) is 19.0. The fraction of sp³-hybridized carbons (Fsp3) is 0.500. The molecule has 6 nitrogen and oxygen atoms in total. The minimum atomic E-state index is -0.493. The molecule has 7 heteroatoms. The van der Waals surface area contributed by atoms with E-state index in [-0.39, 0.29) is 29.4 Å². The molecule has 0 amide bonds. The number of guanidine groups is 1. The van der Waals surface area contributed by atoms with Crippen molar-refractivity contribution in [3.8, 4) is 0 Å². The number of aromatic nitrogens is 1. The predicted molar refractivity (Wildman–Crippen MR) is 119 cm³/mol. The lowest BCUT2D eigenvalue weighted by Gasteiger charge is -2.14. The van der Waals surface area contributed by atoms with Gasteiger partial charge < -0.3 is 20.2 Å². The second-order valence-corrected chi connectivity index (χ2v) is 7.21. The summed E-state index contributed by atoms with van der Waals surface area (Å²) >= 11 is 0. The number of nitrogens with zero attached hydrogens (tertiary/aromatic N) is 2. The van der Waals surface area contributed by atoms with E-state index in [2.05, 4.69) is 41.4 Å². The number of hydrogen-bond donors (Lipinski definition) is 3. The van der Waals surface area contributed by atoms with E-state index in [9.17, 15) is 5.11 Å². The summed E-state index contributed by atoms with van der Waals surface area (Å²) in [5.74, 6) is 2.13. The summed E-state index contributed by atoms with van der Waals surface area (Å²) in [6.07, 6.45) is 1.87. The number of benzene rings is 1. The molecule has 0 saturated carbocycles. The van der Waals surface area contributed by atoms with Crippen LogP contribution in [0.2, 0.25) is 0 Å². The van der Waals surface area contributed by atoms with Crippen molar-refractivity contribution in [2.24, 2.45) is 4.99 Å². The first-order chi connectivity index (χ1) is 12.4. The Kier molecular flexibility index (Phi) is 9.79. The summed E-state index contributed by atoms with van der Waals surface area (Å²) < 4.78 is 5.76. The van der Waals surface area contributed by atoms with Crippen molar-refractivity contribution in [2.75, 3.05) is 13.1 Å². The highest BCUT2D eigenvalue weighted by molar-refractivity contribution is 14.0. The molecule has 150 valence electrons. The van der Waals surface area contributed by atoms with Crippen LogP contribution < -0.4 is 10.6 Å². The van der Waals surface area contributed by atoms with Crippen LogP contribution in [0.1, 0.15) is 57.4 Å². The molecule has 0 radical (unpaired) electrons. The van der Waals surface area contributed by atoms with Gasteiger partial charge in [0.15, 0.2) is 5.96 Å². The number of halogens is 1. The number of hydrogen-bond acceptors (Lipinski definition) is 4. The Morgan fingerprint density at radius 2 is 1.93 bits per heavy atom. The standard InChI is InChI=1S/C20H30N4O2.HI/c1-5-21-19(22-12-11-16(25)15-9-7-6-8-10-15)24-14-18-23-13-17(26-18)20(2,3)4;/h6-10,13,16,25H,5,11-12,14H2,1-4H3,(H2,21,22,24);1H. The van der Waals surface area contributed by atoms with Gasteiger partial charge in [-0.05, 0) is 18.9 Å². The van der Waals surface area contributed by atoms with Gasteiger partial charge in [-0.2, -0.15) is 0 Å². The Labute approximate surface area is 178 Å². The van der Waals surface area contributed by atoms with Gasteiger partial charge in [-0.15, -0.1) is 24.0 Å². The molecular weight excluding hydrogens is 455 g/mol. The molecule has 1 unspecified atom stereocenters. The van der Waals surface area contributed by atoms with E-state index < -0.39 is 6.10 Å². The first-order valence-electron chi connectivity index (χ1n) is 9.10. The fourth-order valence-electron chi connectivity index (χ4n) is 2.39. The predicted octanol–water partition coefficient (Wildman–Crippen LogP) is 3.77. The Morgan fingerprint density at radius 3 is 2.52 bits per heavy atom.